The molecule has 0 spiro atoms. The van der Waals surface area contributed by atoms with Crippen LogP contribution in [0.4, 0.5) is 0 Å². The van der Waals surface area contributed by atoms with Gasteiger partial charge in [-0.25, -0.2) is 0 Å². The quantitative estimate of drug-likeness (QED) is 0.788. The Balaban J connectivity index is 2.60. The number of rotatable bonds is 2. The van der Waals surface area contributed by atoms with Gasteiger partial charge in [-0.05, 0) is 47.5 Å². The standard InChI is InChI=1S/C11H11BrOS/c1-3-13-10-5-11-8(4-7(10)2)9(12)6-14-11/h4-6H,3H2,1-2H3. The van der Waals surface area contributed by atoms with Gasteiger partial charge < -0.3 is 4.74 Å². The van der Waals surface area contributed by atoms with Crippen molar-refractivity contribution in [2.24, 2.45) is 0 Å². The minimum Gasteiger partial charge on any atom is -0.494 e. The second-order valence-electron chi connectivity index (χ2n) is 3.13. The fourth-order valence-corrected chi connectivity index (χ4v) is 3.01. The molecule has 1 aromatic heterocycles. The molecule has 0 amide bonds. The van der Waals surface area contributed by atoms with Crippen molar-refractivity contribution < 1.29 is 4.74 Å². The lowest BCUT2D eigenvalue weighted by molar-refractivity contribution is 0.338. The Morgan fingerprint density at radius 3 is 2.93 bits per heavy atom. The van der Waals surface area contributed by atoms with Gasteiger partial charge in [0.15, 0.2) is 0 Å². The smallest absolute Gasteiger partial charge is 0.123 e. The van der Waals surface area contributed by atoms with Crippen LogP contribution in [0.3, 0.4) is 0 Å². The molecule has 0 unspecified atom stereocenters. The van der Waals surface area contributed by atoms with Gasteiger partial charge in [-0.2, -0.15) is 0 Å². The summed E-state index contributed by atoms with van der Waals surface area (Å²) in [7, 11) is 0. The molecule has 0 saturated carbocycles. The average molecular weight is 271 g/mol. The van der Waals surface area contributed by atoms with E-state index in [0.717, 1.165) is 12.4 Å². The zero-order valence-corrected chi connectivity index (χ0v) is 10.5. The van der Waals surface area contributed by atoms with E-state index in [2.05, 4.69) is 40.4 Å². The molecule has 0 N–H and O–H groups in total. The lowest BCUT2D eigenvalue weighted by Crippen LogP contribution is -1.93. The van der Waals surface area contributed by atoms with E-state index >= 15 is 0 Å². The van der Waals surface area contributed by atoms with Crippen LogP contribution < -0.4 is 4.74 Å². The Morgan fingerprint density at radius 2 is 2.21 bits per heavy atom. The van der Waals surface area contributed by atoms with E-state index < -0.39 is 0 Å². The van der Waals surface area contributed by atoms with Gasteiger partial charge in [-0.15, -0.1) is 11.3 Å². The second-order valence-corrected chi connectivity index (χ2v) is 4.90. The predicted molar refractivity (Wildman–Crippen MR) is 65.4 cm³/mol. The third kappa shape index (κ3) is 1.66. The van der Waals surface area contributed by atoms with Gasteiger partial charge in [0, 0.05) is 19.9 Å². The molecule has 0 fully saturated rings. The molecule has 2 aromatic rings. The fraction of sp³-hybridized carbons (Fsp3) is 0.273. The first-order valence-corrected chi connectivity index (χ1v) is 6.19. The summed E-state index contributed by atoms with van der Waals surface area (Å²) >= 11 is 5.27. The van der Waals surface area contributed by atoms with Crippen LogP contribution in [0.25, 0.3) is 10.1 Å². The topological polar surface area (TPSA) is 9.23 Å². The summed E-state index contributed by atoms with van der Waals surface area (Å²) in [5.74, 6) is 0.995. The van der Waals surface area contributed by atoms with Crippen molar-refractivity contribution in [3.63, 3.8) is 0 Å². The van der Waals surface area contributed by atoms with E-state index in [9.17, 15) is 0 Å². The number of hydrogen-bond donors (Lipinski definition) is 0. The number of ether oxygens (including phenoxy) is 1. The van der Waals surface area contributed by atoms with Crippen LogP contribution in [0.2, 0.25) is 0 Å². The number of benzene rings is 1. The van der Waals surface area contributed by atoms with Gasteiger partial charge in [0.25, 0.3) is 0 Å². The highest BCUT2D eigenvalue weighted by Gasteiger charge is 2.06. The molecule has 3 heteroatoms. The highest BCUT2D eigenvalue weighted by Crippen LogP contribution is 2.34. The van der Waals surface area contributed by atoms with Crippen LogP contribution in [-0.2, 0) is 0 Å². The lowest BCUT2D eigenvalue weighted by Gasteiger charge is -2.06. The highest BCUT2D eigenvalue weighted by molar-refractivity contribution is 9.10. The second kappa shape index (κ2) is 3.91. The van der Waals surface area contributed by atoms with Gasteiger partial charge in [0.1, 0.15) is 5.75 Å². The van der Waals surface area contributed by atoms with Crippen LogP contribution >= 0.6 is 27.3 Å². The Hall–Kier alpha value is -0.540. The van der Waals surface area contributed by atoms with E-state index in [1.165, 1.54) is 20.1 Å². The molecule has 14 heavy (non-hydrogen) atoms. The monoisotopic (exact) mass is 270 g/mol. The molecular weight excluding hydrogens is 260 g/mol. The number of hydrogen-bond acceptors (Lipinski definition) is 2. The zero-order valence-electron chi connectivity index (χ0n) is 8.13. The summed E-state index contributed by atoms with van der Waals surface area (Å²) < 4.78 is 7.98. The van der Waals surface area contributed by atoms with Crippen molar-refractivity contribution in [3.05, 3.63) is 27.5 Å². The number of aryl methyl sites for hydroxylation is 1. The van der Waals surface area contributed by atoms with E-state index in [4.69, 9.17) is 4.74 Å². The van der Waals surface area contributed by atoms with Crippen LogP contribution in [0.1, 0.15) is 12.5 Å². The SMILES string of the molecule is CCOc1cc2scc(Br)c2cc1C. The molecule has 0 atom stereocenters. The first-order chi connectivity index (χ1) is 6.72. The van der Waals surface area contributed by atoms with Crippen LogP contribution in [0.15, 0.2) is 22.0 Å². The number of fused-ring (bicyclic) bond motifs is 1. The van der Waals surface area contributed by atoms with Crippen molar-refractivity contribution in [2.45, 2.75) is 13.8 Å². The molecule has 1 aromatic carbocycles. The van der Waals surface area contributed by atoms with E-state index in [0.29, 0.717) is 0 Å². The third-order valence-electron chi connectivity index (χ3n) is 2.12. The van der Waals surface area contributed by atoms with Crippen molar-refractivity contribution in [2.75, 3.05) is 6.61 Å². The first-order valence-electron chi connectivity index (χ1n) is 4.52. The molecule has 0 radical (unpaired) electrons. The van der Waals surface area contributed by atoms with E-state index in [-0.39, 0.29) is 0 Å². The Bertz CT molecular complexity index is 462. The zero-order chi connectivity index (χ0) is 10.1. The molecule has 0 aliphatic carbocycles. The first kappa shape index (κ1) is 9.99. The predicted octanol–water partition coefficient (Wildman–Crippen LogP) is 4.37. The molecule has 1 nitrogen and oxygen atoms in total. The van der Waals surface area contributed by atoms with Crippen molar-refractivity contribution >= 4 is 37.4 Å². The molecule has 0 aliphatic rings. The van der Waals surface area contributed by atoms with Crippen molar-refractivity contribution in [1.82, 2.24) is 0 Å². The molecule has 0 saturated heterocycles. The summed E-state index contributed by atoms with van der Waals surface area (Å²) in [4.78, 5) is 0. The maximum atomic E-state index is 5.55. The van der Waals surface area contributed by atoms with Gasteiger partial charge in [-0.3, -0.25) is 0 Å². The van der Waals surface area contributed by atoms with E-state index in [1.54, 1.807) is 11.3 Å². The van der Waals surface area contributed by atoms with Gasteiger partial charge in [0.2, 0.25) is 0 Å². The molecule has 74 valence electrons. The number of halogens is 1. The van der Waals surface area contributed by atoms with Crippen LogP contribution in [-0.4, -0.2) is 6.61 Å². The van der Waals surface area contributed by atoms with Crippen LogP contribution in [0, 0.1) is 6.92 Å². The molecule has 0 aliphatic heterocycles. The molecular formula is C11H11BrOS. The van der Waals surface area contributed by atoms with Gasteiger partial charge in [-0.1, -0.05) is 0 Å². The van der Waals surface area contributed by atoms with Crippen molar-refractivity contribution in [1.29, 1.82) is 0 Å². The molecule has 1 heterocycles. The maximum Gasteiger partial charge on any atom is 0.123 e. The minimum atomic E-state index is 0.721. The van der Waals surface area contributed by atoms with Gasteiger partial charge in [0.05, 0.1) is 6.61 Å². The third-order valence-corrected chi connectivity index (χ3v) is 4.03. The summed E-state index contributed by atoms with van der Waals surface area (Å²) in [5, 5.41) is 3.38. The highest BCUT2D eigenvalue weighted by atomic mass is 79.9. The van der Waals surface area contributed by atoms with Crippen LogP contribution in [0.5, 0.6) is 5.75 Å². The maximum absolute atomic E-state index is 5.55. The summed E-state index contributed by atoms with van der Waals surface area (Å²) in [6, 6.07) is 4.28. The summed E-state index contributed by atoms with van der Waals surface area (Å²) in [5.41, 5.74) is 1.19. The Labute approximate surface area is 95.8 Å². The van der Waals surface area contributed by atoms with E-state index in [1.807, 2.05) is 6.92 Å². The summed E-state index contributed by atoms with van der Waals surface area (Å²) in [6.45, 7) is 4.81. The Morgan fingerprint density at radius 1 is 1.43 bits per heavy atom. The lowest BCUT2D eigenvalue weighted by atomic mass is 10.2. The van der Waals surface area contributed by atoms with Crippen molar-refractivity contribution in [3.8, 4) is 5.75 Å². The molecule has 0 bridgehead atoms. The normalized spacial score (nSPS) is 10.8. The minimum absolute atomic E-state index is 0.721. The Kier molecular flexibility index (Phi) is 2.79. The fourth-order valence-electron chi connectivity index (χ4n) is 1.44. The largest absolute Gasteiger partial charge is 0.494 e. The average Bonchev–Trinajstić information content (AvgIpc) is 2.50. The molecule has 2 rings (SSSR count). The van der Waals surface area contributed by atoms with Gasteiger partial charge >= 0.3 is 0 Å². The number of thiophene rings is 1. The summed E-state index contributed by atoms with van der Waals surface area (Å²) in [6.07, 6.45) is 0.